The Morgan fingerprint density at radius 3 is 2.50 bits per heavy atom. The van der Waals surface area contributed by atoms with E-state index in [9.17, 15) is 5.11 Å². The zero-order valence-electron chi connectivity index (χ0n) is 13.5. The first-order valence-corrected chi connectivity index (χ1v) is 8.62. The summed E-state index contributed by atoms with van der Waals surface area (Å²) in [5.74, 6) is 0.578. The van der Waals surface area contributed by atoms with Gasteiger partial charge >= 0.3 is 0 Å². The van der Waals surface area contributed by atoms with Crippen molar-refractivity contribution in [1.29, 1.82) is 0 Å². The Bertz CT molecular complexity index is 287. The number of nitrogens with one attached hydrogen (secondary N) is 1. The summed E-state index contributed by atoms with van der Waals surface area (Å²) in [6.45, 7) is 7.73. The Morgan fingerprint density at radius 2 is 1.95 bits per heavy atom. The Labute approximate surface area is 124 Å². The molecule has 2 saturated carbocycles. The number of hydrogen-bond donors (Lipinski definition) is 2. The summed E-state index contributed by atoms with van der Waals surface area (Å²) in [7, 11) is 0. The van der Waals surface area contributed by atoms with Crippen molar-refractivity contribution in [1.82, 2.24) is 5.32 Å². The SMILES string of the molecule is CCOC1CC(NC(CCO)C(C)C)C12CCCCC2. The highest BCUT2D eigenvalue weighted by molar-refractivity contribution is 5.09. The molecule has 0 aromatic rings. The van der Waals surface area contributed by atoms with Crippen molar-refractivity contribution in [2.45, 2.75) is 83.9 Å². The number of rotatable bonds is 7. The summed E-state index contributed by atoms with van der Waals surface area (Å²) in [5, 5.41) is 13.1. The van der Waals surface area contributed by atoms with Gasteiger partial charge in [0.1, 0.15) is 0 Å². The van der Waals surface area contributed by atoms with E-state index in [1.807, 2.05) is 0 Å². The van der Waals surface area contributed by atoms with Gasteiger partial charge in [-0.3, -0.25) is 0 Å². The second-order valence-corrected chi connectivity index (χ2v) is 7.06. The van der Waals surface area contributed by atoms with Crippen LogP contribution in [0.3, 0.4) is 0 Å². The third kappa shape index (κ3) is 3.20. The van der Waals surface area contributed by atoms with Crippen molar-refractivity contribution < 1.29 is 9.84 Å². The molecule has 118 valence electrons. The van der Waals surface area contributed by atoms with E-state index in [1.54, 1.807) is 0 Å². The molecule has 3 unspecified atom stereocenters. The van der Waals surface area contributed by atoms with E-state index in [2.05, 4.69) is 26.1 Å². The third-order valence-corrected chi connectivity index (χ3v) is 5.60. The summed E-state index contributed by atoms with van der Waals surface area (Å²) in [4.78, 5) is 0. The molecule has 2 aliphatic rings. The molecule has 2 fully saturated rings. The van der Waals surface area contributed by atoms with Crippen molar-refractivity contribution in [3.8, 4) is 0 Å². The molecule has 0 radical (unpaired) electrons. The maximum absolute atomic E-state index is 9.26. The number of ether oxygens (including phenoxy) is 1. The zero-order valence-corrected chi connectivity index (χ0v) is 13.5. The van der Waals surface area contributed by atoms with Gasteiger partial charge in [0.05, 0.1) is 6.10 Å². The Balaban J connectivity index is 1.99. The van der Waals surface area contributed by atoms with Crippen LogP contribution in [-0.2, 0) is 4.74 Å². The smallest absolute Gasteiger partial charge is 0.0661 e. The molecule has 2 N–H and O–H groups in total. The lowest BCUT2D eigenvalue weighted by Crippen LogP contribution is -2.66. The normalized spacial score (nSPS) is 30.4. The van der Waals surface area contributed by atoms with Crippen LogP contribution in [0, 0.1) is 11.3 Å². The second kappa shape index (κ2) is 7.24. The molecule has 0 heterocycles. The predicted molar refractivity (Wildman–Crippen MR) is 82.8 cm³/mol. The molecule has 3 nitrogen and oxygen atoms in total. The third-order valence-electron chi connectivity index (χ3n) is 5.60. The lowest BCUT2D eigenvalue weighted by molar-refractivity contribution is -0.153. The highest BCUT2D eigenvalue weighted by Crippen LogP contribution is 2.53. The van der Waals surface area contributed by atoms with Crippen LogP contribution in [0.25, 0.3) is 0 Å². The fraction of sp³-hybridized carbons (Fsp3) is 1.00. The van der Waals surface area contributed by atoms with Gasteiger partial charge < -0.3 is 15.2 Å². The summed E-state index contributed by atoms with van der Waals surface area (Å²) in [6, 6.07) is 1.03. The average Bonchev–Trinajstić information content (AvgIpc) is 2.45. The van der Waals surface area contributed by atoms with E-state index in [4.69, 9.17) is 4.74 Å². The topological polar surface area (TPSA) is 41.5 Å². The van der Waals surface area contributed by atoms with Crippen molar-refractivity contribution >= 4 is 0 Å². The van der Waals surface area contributed by atoms with Crippen LogP contribution in [-0.4, -0.2) is 36.5 Å². The molecule has 0 amide bonds. The summed E-state index contributed by atoms with van der Waals surface area (Å²) in [5.41, 5.74) is 0.386. The first kappa shape index (κ1) is 16.3. The molecule has 1 spiro atoms. The summed E-state index contributed by atoms with van der Waals surface area (Å²) < 4.78 is 6.01. The molecule has 3 heteroatoms. The predicted octanol–water partition coefficient (Wildman–Crippen LogP) is 3.11. The quantitative estimate of drug-likeness (QED) is 0.754. The highest BCUT2D eigenvalue weighted by atomic mass is 16.5. The van der Waals surface area contributed by atoms with Crippen LogP contribution in [0.15, 0.2) is 0 Å². The van der Waals surface area contributed by atoms with Gasteiger partial charge in [0.25, 0.3) is 0 Å². The van der Waals surface area contributed by atoms with E-state index in [-0.39, 0.29) is 6.61 Å². The van der Waals surface area contributed by atoms with Crippen LogP contribution < -0.4 is 5.32 Å². The van der Waals surface area contributed by atoms with Crippen LogP contribution in [0.5, 0.6) is 0 Å². The van der Waals surface area contributed by atoms with E-state index in [1.165, 1.54) is 32.1 Å². The number of aliphatic hydroxyl groups is 1. The second-order valence-electron chi connectivity index (χ2n) is 7.06. The molecule has 2 rings (SSSR count). The Hall–Kier alpha value is -0.120. The van der Waals surface area contributed by atoms with Crippen LogP contribution >= 0.6 is 0 Å². The van der Waals surface area contributed by atoms with E-state index < -0.39 is 0 Å². The molecule has 0 aromatic heterocycles. The maximum Gasteiger partial charge on any atom is 0.0661 e. The molecule has 2 aliphatic carbocycles. The molecule has 0 aliphatic heterocycles. The van der Waals surface area contributed by atoms with Crippen LogP contribution in [0.1, 0.15) is 65.7 Å². The zero-order chi connectivity index (χ0) is 14.6. The lowest BCUT2D eigenvalue weighted by Gasteiger charge is -2.59. The van der Waals surface area contributed by atoms with Gasteiger partial charge in [-0.1, -0.05) is 33.1 Å². The summed E-state index contributed by atoms with van der Waals surface area (Å²) >= 11 is 0. The van der Waals surface area contributed by atoms with Crippen molar-refractivity contribution in [3.05, 3.63) is 0 Å². The van der Waals surface area contributed by atoms with Gasteiger partial charge in [-0.15, -0.1) is 0 Å². The molecule has 0 saturated heterocycles. The molecular weight excluding hydrogens is 250 g/mol. The largest absolute Gasteiger partial charge is 0.396 e. The van der Waals surface area contributed by atoms with E-state index in [0.717, 1.165) is 19.4 Å². The number of hydrogen-bond acceptors (Lipinski definition) is 3. The fourth-order valence-corrected chi connectivity index (χ4v) is 4.30. The number of aliphatic hydroxyl groups excluding tert-OH is 1. The maximum atomic E-state index is 9.26. The standard InChI is InChI=1S/C17H33NO2/c1-4-20-16-12-15(17(16)9-6-5-7-10-17)18-14(8-11-19)13(2)3/h13-16,18-19H,4-12H2,1-3H3. The average molecular weight is 283 g/mol. The molecule has 0 bridgehead atoms. The van der Waals surface area contributed by atoms with Crippen molar-refractivity contribution in [3.63, 3.8) is 0 Å². The Kier molecular flexibility index (Phi) is 5.88. The first-order chi connectivity index (χ1) is 9.64. The fourth-order valence-electron chi connectivity index (χ4n) is 4.30. The van der Waals surface area contributed by atoms with Gasteiger partial charge in [0.15, 0.2) is 0 Å². The highest BCUT2D eigenvalue weighted by Gasteiger charge is 2.55. The Morgan fingerprint density at radius 1 is 1.25 bits per heavy atom. The van der Waals surface area contributed by atoms with Gasteiger partial charge in [-0.2, -0.15) is 0 Å². The van der Waals surface area contributed by atoms with Crippen molar-refractivity contribution in [2.75, 3.05) is 13.2 Å². The van der Waals surface area contributed by atoms with Crippen LogP contribution in [0.2, 0.25) is 0 Å². The minimum absolute atomic E-state index is 0.282. The molecule has 3 atom stereocenters. The van der Waals surface area contributed by atoms with E-state index >= 15 is 0 Å². The van der Waals surface area contributed by atoms with Crippen LogP contribution in [0.4, 0.5) is 0 Å². The minimum atomic E-state index is 0.282. The van der Waals surface area contributed by atoms with Gasteiger partial charge in [-0.05, 0) is 38.5 Å². The van der Waals surface area contributed by atoms with Crippen molar-refractivity contribution in [2.24, 2.45) is 11.3 Å². The van der Waals surface area contributed by atoms with Gasteiger partial charge in [-0.25, -0.2) is 0 Å². The molecule has 0 aromatic carbocycles. The molecular formula is C17H33NO2. The monoisotopic (exact) mass is 283 g/mol. The summed E-state index contributed by atoms with van der Waals surface area (Å²) in [6.07, 6.45) is 9.22. The van der Waals surface area contributed by atoms with Gasteiger partial charge in [0, 0.05) is 30.7 Å². The first-order valence-electron chi connectivity index (χ1n) is 8.62. The lowest BCUT2D eigenvalue weighted by atomic mass is 9.55. The molecule has 20 heavy (non-hydrogen) atoms. The van der Waals surface area contributed by atoms with Gasteiger partial charge in [0.2, 0.25) is 0 Å². The van der Waals surface area contributed by atoms with E-state index in [0.29, 0.717) is 29.5 Å². The minimum Gasteiger partial charge on any atom is -0.396 e.